The maximum Gasteiger partial charge on any atom is 0.248 e. The van der Waals surface area contributed by atoms with Crippen LogP contribution in [0.1, 0.15) is 18.4 Å². The smallest absolute Gasteiger partial charge is 0.248 e. The molecular weight excluding hydrogens is 292 g/mol. The summed E-state index contributed by atoms with van der Waals surface area (Å²) in [6, 6.07) is 9.59. The second-order valence-electron chi connectivity index (χ2n) is 5.77. The van der Waals surface area contributed by atoms with Crippen molar-refractivity contribution in [3.63, 3.8) is 0 Å². The number of piperidine rings is 1. The number of benzene rings is 1. The summed E-state index contributed by atoms with van der Waals surface area (Å²) in [5.74, 6) is 0.811. The molecule has 2 heterocycles. The summed E-state index contributed by atoms with van der Waals surface area (Å²) in [5, 5.41) is 10.7. The van der Waals surface area contributed by atoms with E-state index in [1.807, 2.05) is 36.5 Å². The molecule has 1 aromatic carbocycles. The van der Waals surface area contributed by atoms with Crippen LogP contribution in [0.25, 0.3) is 0 Å². The predicted molar refractivity (Wildman–Crippen MR) is 87.1 cm³/mol. The molecule has 1 fully saturated rings. The van der Waals surface area contributed by atoms with Crippen molar-refractivity contribution in [3.8, 4) is 5.75 Å². The van der Waals surface area contributed by atoms with Crippen molar-refractivity contribution in [1.82, 2.24) is 20.4 Å². The van der Waals surface area contributed by atoms with Gasteiger partial charge in [-0.05, 0) is 49.7 Å². The monoisotopic (exact) mass is 314 g/mol. The molecule has 1 aromatic heterocycles. The predicted octanol–water partition coefficient (Wildman–Crippen LogP) is 1.29. The van der Waals surface area contributed by atoms with Crippen LogP contribution in [-0.2, 0) is 16.9 Å². The van der Waals surface area contributed by atoms with E-state index in [-0.39, 0.29) is 5.91 Å². The molecule has 2 N–H and O–H groups in total. The lowest BCUT2D eigenvalue weighted by molar-refractivity contribution is -0.132. The van der Waals surface area contributed by atoms with Crippen LogP contribution in [-0.4, -0.2) is 35.9 Å². The highest BCUT2D eigenvalue weighted by Crippen LogP contribution is 2.27. The summed E-state index contributed by atoms with van der Waals surface area (Å²) in [6.07, 6.45) is 5.06. The third-order valence-corrected chi connectivity index (χ3v) is 4.38. The summed E-state index contributed by atoms with van der Waals surface area (Å²) in [7, 11) is 1.64. The summed E-state index contributed by atoms with van der Waals surface area (Å²) in [6.45, 7) is 2.10. The number of amides is 1. The lowest BCUT2D eigenvalue weighted by Crippen LogP contribution is -2.54. The maximum absolute atomic E-state index is 12.9. The van der Waals surface area contributed by atoms with Crippen LogP contribution < -0.4 is 15.4 Å². The lowest BCUT2D eigenvalue weighted by atomic mass is 9.87. The minimum absolute atomic E-state index is 0.0190. The lowest BCUT2D eigenvalue weighted by Gasteiger charge is -2.36. The number of carbonyl (C=O) groups excluding carboxylic acids is 1. The highest BCUT2D eigenvalue weighted by molar-refractivity contribution is 5.84. The Hall–Kier alpha value is -2.34. The van der Waals surface area contributed by atoms with E-state index in [1.54, 1.807) is 18.0 Å². The second-order valence-corrected chi connectivity index (χ2v) is 5.77. The number of nitrogens with one attached hydrogen (secondary N) is 2. The Bertz CT molecular complexity index is 648. The van der Waals surface area contributed by atoms with E-state index < -0.39 is 5.54 Å². The quantitative estimate of drug-likeness (QED) is 0.872. The zero-order valence-electron chi connectivity index (χ0n) is 13.3. The number of carbonyl (C=O) groups is 1. The van der Waals surface area contributed by atoms with Crippen LogP contribution in [0, 0.1) is 0 Å². The molecule has 0 radical (unpaired) electrons. The van der Waals surface area contributed by atoms with Gasteiger partial charge in [0, 0.05) is 18.9 Å². The number of rotatable bonds is 5. The summed E-state index contributed by atoms with van der Waals surface area (Å²) in [5.41, 5.74) is 0.412. The Morgan fingerprint density at radius 2 is 2.22 bits per heavy atom. The number of ether oxygens (including phenoxy) is 1. The largest absolute Gasteiger partial charge is 0.497 e. The van der Waals surface area contributed by atoms with E-state index >= 15 is 0 Å². The molecule has 122 valence electrons. The second kappa shape index (κ2) is 6.83. The molecule has 1 amide bonds. The number of nitrogens with zero attached hydrogens (tertiary/aromatic N) is 2. The summed E-state index contributed by atoms with van der Waals surface area (Å²) < 4.78 is 7.02. The molecule has 6 heteroatoms. The van der Waals surface area contributed by atoms with Crippen LogP contribution >= 0.6 is 0 Å². The van der Waals surface area contributed by atoms with Crippen molar-refractivity contribution in [2.45, 2.75) is 24.9 Å². The molecule has 1 saturated heterocycles. The van der Waals surface area contributed by atoms with E-state index in [4.69, 9.17) is 4.74 Å². The van der Waals surface area contributed by atoms with Crippen LogP contribution in [0.5, 0.6) is 5.75 Å². The zero-order chi connectivity index (χ0) is 16.1. The van der Waals surface area contributed by atoms with Crippen molar-refractivity contribution in [1.29, 1.82) is 0 Å². The summed E-state index contributed by atoms with van der Waals surface area (Å²) >= 11 is 0. The number of aromatic nitrogens is 2. The van der Waals surface area contributed by atoms with Crippen LogP contribution in [0.3, 0.4) is 0 Å². The molecule has 0 saturated carbocycles. The molecule has 0 atom stereocenters. The van der Waals surface area contributed by atoms with Crippen molar-refractivity contribution >= 4 is 5.91 Å². The first-order valence-electron chi connectivity index (χ1n) is 7.87. The van der Waals surface area contributed by atoms with Crippen LogP contribution in [0.2, 0.25) is 0 Å². The zero-order valence-corrected chi connectivity index (χ0v) is 13.3. The van der Waals surface area contributed by atoms with Gasteiger partial charge in [-0.15, -0.1) is 0 Å². The van der Waals surface area contributed by atoms with Crippen LogP contribution in [0.15, 0.2) is 42.7 Å². The van der Waals surface area contributed by atoms with Crippen molar-refractivity contribution in [2.75, 3.05) is 20.2 Å². The number of methoxy groups -OCH3 is 1. The Balaban J connectivity index is 1.74. The molecule has 0 bridgehead atoms. The molecule has 0 aliphatic carbocycles. The van der Waals surface area contributed by atoms with Gasteiger partial charge in [0.05, 0.1) is 7.11 Å². The van der Waals surface area contributed by atoms with Crippen molar-refractivity contribution in [2.24, 2.45) is 0 Å². The van der Waals surface area contributed by atoms with E-state index in [0.29, 0.717) is 6.54 Å². The minimum atomic E-state index is -0.604. The Kier molecular flexibility index (Phi) is 4.62. The van der Waals surface area contributed by atoms with Gasteiger partial charge in [-0.25, -0.2) is 0 Å². The fourth-order valence-electron chi connectivity index (χ4n) is 3.05. The molecular formula is C17H22N4O2. The third-order valence-electron chi connectivity index (χ3n) is 4.38. The average Bonchev–Trinajstić information content (AvgIpc) is 3.15. The average molecular weight is 314 g/mol. The first-order valence-corrected chi connectivity index (χ1v) is 7.87. The standard InChI is InChI=1S/C17H22N4O2/c1-23-15-5-2-4-14(12-15)13-19-16(22)17(6-9-18-10-7-17)21-11-3-8-20-21/h2-5,8,11-12,18H,6-7,9-10,13H2,1H3,(H,19,22). The SMILES string of the molecule is COc1cccc(CNC(=O)C2(n3cccn3)CCNCC2)c1. The van der Waals surface area contributed by atoms with E-state index in [9.17, 15) is 4.79 Å². The van der Waals surface area contributed by atoms with Crippen LogP contribution in [0.4, 0.5) is 0 Å². The van der Waals surface area contributed by atoms with Gasteiger partial charge in [0.25, 0.3) is 0 Å². The topological polar surface area (TPSA) is 68.2 Å². The van der Waals surface area contributed by atoms with Crippen molar-refractivity contribution < 1.29 is 9.53 Å². The fraction of sp³-hybridized carbons (Fsp3) is 0.412. The minimum Gasteiger partial charge on any atom is -0.497 e. The Labute approximate surface area is 135 Å². The number of hydrogen-bond donors (Lipinski definition) is 2. The molecule has 0 unspecified atom stereocenters. The van der Waals surface area contributed by atoms with Gasteiger partial charge in [0.15, 0.2) is 0 Å². The number of hydrogen-bond acceptors (Lipinski definition) is 4. The summed E-state index contributed by atoms with van der Waals surface area (Å²) in [4.78, 5) is 12.9. The fourth-order valence-corrected chi connectivity index (χ4v) is 3.05. The van der Waals surface area contributed by atoms with Gasteiger partial charge in [0.2, 0.25) is 5.91 Å². The molecule has 0 spiro atoms. The van der Waals surface area contributed by atoms with Gasteiger partial charge in [-0.2, -0.15) is 5.10 Å². The van der Waals surface area contributed by atoms with E-state index in [0.717, 1.165) is 37.2 Å². The van der Waals surface area contributed by atoms with E-state index in [2.05, 4.69) is 15.7 Å². The maximum atomic E-state index is 12.9. The highest BCUT2D eigenvalue weighted by Gasteiger charge is 2.41. The van der Waals surface area contributed by atoms with Gasteiger partial charge in [-0.1, -0.05) is 12.1 Å². The third kappa shape index (κ3) is 3.22. The van der Waals surface area contributed by atoms with Gasteiger partial charge in [-0.3, -0.25) is 9.48 Å². The van der Waals surface area contributed by atoms with E-state index in [1.165, 1.54) is 0 Å². The normalized spacial score (nSPS) is 16.7. The Morgan fingerprint density at radius 1 is 1.39 bits per heavy atom. The first kappa shape index (κ1) is 15.6. The molecule has 2 aromatic rings. The Morgan fingerprint density at radius 3 is 2.91 bits per heavy atom. The highest BCUT2D eigenvalue weighted by atomic mass is 16.5. The molecule has 6 nitrogen and oxygen atoms in total. The van der Waals surface area contributed by atoms with Gasteiger partial charge in [0.1, 0.15) is 11.3 Å². The molecule has 23 heavy (non-hydrogen) atoms. The first-order chi connectivity index (χ1) is 11.2. The van der Waals surface area contributed by atoms with Gasteiger partial charge >= 0.3 is 0 Å². The molecule has 1 aliphatic heterocycles. The van der Waals surface area contributed by atoms with Crippen molar-refractivity contribution in [3.05, 3.63) is 48.3 Å². The van der Waals surface area contributed by atoms with Gasteiger partial charge < -0.3 is 15.4 Å². The molecule has 1 aliphatic rings. The molecule has 3 rings (SSSR count).